The van der Waals surface area contributed by atoms with E-state index in [1.165, 1.54) is 0 Å². The van der Waals surface area contributed by atoms with Crippen molar-refractivity contribution < 1.29 is 4.79 Å². The molecule has 0 saturated carbocycles. The van der Waals surface area contributed by atoms with Gasteiger partial charge in [-0.15, -0.1) is 5.11 Å². The minimum absolute atomic E-state index is 0.264. The SMILES string of the molecule is Cc1nn(-c2cccc(Cl)c2)c(NC(=O)c2ccccc2)c1N=NN(C)C. The standard InChI is InChI=1S/C19H19ClN6O/c1-13-17(22-24-25(2)3)18(21-19(27)14-8-5-4-6-9-14)26(23-13)16-11-7-10-15(20)12-16/h4-12H,1-3H3,(H,21,27). The van der Waals surface area contributed by atoms with E-state index in [0.717, 1.165) is 0 Å². The fourth-order valence-electron chi connectivity index (χ4n) is 2.45. The Bertz CT molecular complexity index is 981. The molecule has 0 bridgehead atoms. The van der Waals surface area contributed by atoms with Crippen molar-refractivity contribution in [2.45, 2.75) is 6.92 Å². The molecule has 0 atom stereocenters. The molecule has 2 aromatic carbocycles. The van der Waals surface area contributed by atoms with Crippen LogP contribution in [-0.4, -0.2) is 34.8 Å². The van der Waals surface area contributed by atoms with Gasteiger partial charge in [-0.25, -0.2) is 4.68 Å². The second-order valence-electron chi connectivity index (χ2n) is 6.03. The van der Waals surface area contributed by atoms with Gasteiger partial charge in [0.25, 0.3) is 5.91 Å². The lowest BCUT2D eigenvalue weighted by Gasteiger charge is -2.10. The van der Waals surface area contributed by atoms with Gasteiger partial charge >= 0.3 is 0 Å². The van der Waals surface area contributed by atoms with Gasteiger partial charge in [0, 0.05) is 24.7 Å². The van der Waals surface area contributed by atoms with E-state index >= 15 is 0 Å². The van der Waals surface area contributed by atoms with Crippen LogP contribution in [0, 0.1) is 6.92 Å². The monoisotopic (exact) mass is 382 g/mol. The number of aromatic nitrogens is 2. The van der Waals surface area contributed by atoms with Gasteiger partial charge < -0.3 is 5.32 Å². The number of aryl methyl sites for hydroxylation is 1. The summed E-state index contributed by atoms with van der Waals surface area (Å²) in [5, 5.41) is 17.8. The predicted molar refractivity (Wildman–Crippen MR) is 106 cm³/mol. The Labute approximate surface area is 162 Å². The Morgan fingerprint density at radius 3 is 2.56 bits per heavy atom. The maximum absolute atomic E-state index is 12.7. The number of hydrogen-bond acceptors (Lipinski definition) is 4. The summed E-state index contributed by atoms with van der Waals surface area (Å²) >= 11 is 6.12. The zero-order valence-corrected chi connectivity index (χ0v) is 16.0. The Hall–Kier alpha value is -3.19. The second-order valence-corrected chi connectivity index (χ2v) is 6.47. The van der Waals surface area contributed by atoms with Crippen molar-refractivity contribution in [3.8, 4) is 5.69 Å². The van der Waals surface area contributed by atoms with Crippen LogP contribution in [0.15, 0.2) is 64.9 Å². The molecule has 138 valence electrons. The van der Waals surface area contributed by atoms with E-state index < -0.39 is 0 Å². The number of nitrogens with zero attached hydrogens (tertiary/aromatic N) is 5. The molecule has 27 heavy (non-hydrogen) atoms. The van der Waals surface area contributed by atoms with E-state index in [0.29, 0.717) is 33.5 Å². The maximum atomic E-state index is 12.7. The Morgan fingerprint density at radius 2 is 1.89 bits per heavy atom. The molecule has 3 aromatic rings. The number of carbonyl (C=O) groups is 1. The first kappa shape index (κ1) is 18.6. The van der Waals surface area contributed by atoms with Crippen molar-refractivity contribution in [2.24, 2.45) is 10.3 Å². The fourth-order valence-corrected chi connectivity index (χ4v) is 2.63. The minimum atomic E-state index is -0.264. The van der Waals surface area contributed by atoms with Crippen LogP contribution in [0.25, 0.3) is 5.69 Å². The van der Waals surface area contributed by atoms with Gasteiger partial charge in [-0.3, -0.25) is 9.80 Å². The van der Waals surface area contributed by atoms with Crippen LogP contribution in [0.4, 0.5) is 11.5 Å². The van der Waals surface area contributed by atoms with Gasteiger partial charge in [0.2, 0.25) is 0 Å². The zero-order chi connectivity index (χ0) is 19.4. The molecule has 0 aliphatic carbocycles. The molecule has 0 aliphatic heterocycles. The number of nitrogens with one attached hydrogen (secondary N) is 1. The molecule has 7 nitrogen and oxygen atoms in total. The second kappa shape index (κ2) is 8.01. The van der Waals surface area contributed by atoms with Crippen LogP contribution in [0.1, 0.15) is 16.1 Å². The lowest BCUT2D eigenvalue weighted by molar-refractivity contribution is 0.102. The molecule has 3 rings (SSSR count). The Kier molecular flexibility index (Phi) is 5.52. The summed E-state index contributed by atoms with van der Waals surface area (Å²) in [5.74, 6) is 0.161. The van der Waals surface area contributed by atoms with Gasteiger partial charge in [-0.1, -0.05) is 41.1 Å². The molecule has 0 aliphatic rings. The van der Waals surface area contributed by atoms with E-state index in [9.17, 15) is 4.79 Å². The summed E-state index contributed by atoms with van der Waals surface area (Å²) in [6.45, 7) is 1.81. The molecular weight excluding hydrogens is 364 g/mol. The summed E-state index contributed by atoms with van der Waals surface area (Å²) in [6.07, 6.45) is 0. The van der Waals surface area contributed by atoms with Crippen LogP contribution in [0.2, 0.25) is 5.02 Å². The van der Waals surface area contributed by atoms with Crippen molar-refractivity contribution in [3.63, 3.8) is 0 Å². The van der Waals surface area contributed by atoms with Gasteiger partial charge in [0.15, 0.2) is 11.5 Å². The van der Waals surface area contributed by atoms with E-state index in [1.807, 2.05) is 25.1 Å². The van der Waals surface area contributed by atoms with Gasteiger partial charge in [0.05, 0.1) is 11.4 Å². The molecule has 1 heterocycles. The van der Waals surface area contributed by atoms with Crippen LogP contribution in [-0.2, 0) is 0 Å². The Morgan fingerprint density at radius 1 is 1.15 bits per heavy atom. The third kappa shape index (κ3) is 4.32. The first-order valence-corrected chi connectivity index (χ1v) is 8.64. The van der Waals surface area contributed by atoms with E-state index in [-0.39, 0.29) is 5.91 Å². The quantitative estimate of drug-likeness (QED) is 0.515. The highest BCUT2D eigenvalue weighted by atomic mass is 35.5. The Balaban J connectivity index is 2.08. The minimum Gasteiger partial charge on any atom is -0.305 e. The molecule has 1 N–H and O–H groups in total. The molecule has 0 radical (unpaired) electrons. The van der Waals surface area contributed by atoms with Crippen LogP contribution in [0.5, 0.6) is 0 Å². The van der Waals surface area contributed by atoms with Crippen LogP contribution < -0.4 is 5.32 Å². The molecule has 8 heteroatoms. The highest BCUT2D eigenvalue weighted by molar-refractivity contribution is 6.30. The lowest BCUT2D eigenvalue weighted by Crippen LogP contribution is -2.15. The number of carbonyl (C=O) groups excluding carboxylic acids is 1. The molecule has 0 saturated heterocycles. The van der Waals surface area contributed by atoms with Gasteiger partial charge in [-0.05, 0) is 37.3 Å². The number of halogens is 1. The number of benzene rings is 2. The van der Waals surface area contributed by atoms with Crippen molar-refractivity contribution in [2.75, 3.05) is 19.4 Å². The summed E-state index contributed by atoms with van der Waals surface area (Å²) in [7, 11) is 3.53. The maximum Gasteiger partial charge on any atom is 0.256 e. The van der Waals surface area contributed by atoms with Gasteiger partial charge in [-0.2, -0.15) is 5.10 Å². The van der Waals surface area contributed by atoms with E-state index in [2.05, 4.69) is 20.8 Å². The number of rotatable bonds is 5. The molecular formula is C19H19ClN6O. The molecule has 1 amide bonds. The number of hydrogen-bond donors (Lipinski definition) is 1. The predicted octanol–water partition coefficient (Wildman–Crippen LogP) is 4.65. The van der Waals surface area contributed by atoms with Crippen molar-refractivity contribution in [1.29, 1.82) is 0 Å². The molecule has 0 unspecified atom stereocenters. The average molecular weight is 383 g/mol. The topological polar surface area (TPSA) is 74.9 Å². The summed E-state index contributed by atoms with van der Waals surface area (Å²) in [4.78, 5) is 12.7. The molecule has 0 fully saturated rings. The summed E-state index contributed by atoms with van der Waals surface area (Å²) in [5.41, 5.74) is 2.35. The lowest BCUT2D eigenvalue weighted by atomic mass is 10.2. The molecule has 1 aromatic heterocycles. The highest BCUT2D eigenvalue weighted by Gasteiger charge is 2.20. The van der Waals surface area contributed by atoms with E-state index in [4.69, 9.17) is 11.6 Å². The van der Waals surface area contributed by atoms with Crippen molar-refractivity contribution in [1.82, 2.24) is 14.8 Å². The largest absolute Gasteiger partial charge is 0.305 e. The van der Waals surface area contributed by atoms with Crippen LogP contribution >= 0.6 is 11.6 Å². The summed E-state index contributed by atoms with van der Waals surface area (Å²) in [6, 6.07) is 16.2. The van der Waals surface area contributed by atoms with Crippen LogP contribution in [0.3, 0.4) is 0 Å². The third-order valence-electron chi connectivity index (χ3n) is 3.67. The highest BCUT2D eigenvalue weighted by Crippen LogP contribution is 2.32. The zero-order valence-electron chi connectivity index (χ0n) is 15.2. The van der Waals surface area contributed by atoms with E-state index in [1.54, 1.807) is 60.2 Å². The number of amides is 1. The van der Waals surface area contributed by atoms with Gasteiger partial charge in [0.1, 0.15) is 0 Å². The average Bonchev–Trinajstić information content (AvgIpc) is 2.96. The third-order valence-corrected chi connectivity index (χ3v) is 3.91. The smallest absolute Gasteiger partial charge is 0.256 e. The number of anilines is 1. The normalized spacial score (nSPS) is 11.0. The van der Waals surface area contributed by atoms with Crippen molar-refractivity contribution in [3.05, 3.63) is 70.9 Å². The molecule has 0 spiro atoms. The van der Waals surface area contributed by atoms with Crippen molar-refractivity contribution >= 4 is 29.0 Å². The first-order chi connectivity index (χ1) is 13.0. The summed E-state index contributed by atoms with van der Waals surface area (Å²) < 4.78 is 1.60. The first-order valence-electron chi connectivity index (χ1n) is 8.26. The fraction of sp³-hybridized carbons (Fsp3) is 0.158.